The molecule has 1 atom stereocenters. The van der Waals surface area contributed by atoms with E-state index in [-0.39, 0.29) is 11.1 Å². The molecule has 0 saturated carbocycles. The highest BCUT2D eigenvalue weighted by molar-refractivity contribution is 6.39. The average molecular weight is 384 g/mol. The number of nitrogen functional groups attached to an aromatic ring is 1. The lowest BCUT2D eigenvalue weighted by molar-refractivity contribution is 0.585. The first kappa shape index (κ1) is 18.7. The van der Waals surface area contributed by atoms with Crippen molar-refractivity contribution in [2.45, 2.75) is 13.0 Å². The van der Waals surface area contributed by atoms with Gasteiger partial charge in [-0.25, -0.2) is 9.98 Å². The number of nitrogens with two attached hydrogens (primary N) is 1. The lowest BCUT2D eigenvalue weighted by Gasteiger charge is -2.16. The molecule has 5 nitrogen and oxygen atoms in total. The summed E-state index contributed by atoms with van der Waals surface area (Å²) in [5.74, 6) is -0.129. The second kappa shape index (κ2) is 8.05. The van der Waals surface area contributed by atoms with Crippen LogP contribution < -0.4 is 11.1 Å². The average Bonchev–Trinajstić information content (AvgIpc) is 3.03. The van der Waals surface area contributed by atoms with Crippen LogP contribution >= 0.6 is 11.6 Å². The summed E-state index contributed by atoms with van der Waals surface area (Å²) < 4.78 is 14.2. The van der Waals surface area contributed by atoms with Gasteiger partial charge in [0.2, 0.25) is 5.95 Å². The van der Waals surface area contributed by atoms with Crippen molar-refractivity contribution in [1.29, 1.82) is 0 Å². The van der Waals surface area contributed by atoms with Gasteiger partial charge in [-0.3, -0.25) is 0 Å². The predicted octanol–water partition coefficient (Wildman–Crippen LogP) is 5.43. The topological polar surface area (TPSA) is 79.1 Å². The molecular weight excluding hydrogens is 365 g/mol. The van der Waals surface area contributed by atoms with Gasteiger partial charge in [0.05, 0.1) is 16.4 Å². The van der Waals surface area contributed by atoms with Crippen molar-refractivity contribution < 1.29 is 4.39 Å². The van der Waals surface area contributed by atoms with Gasteiger partial charge in [0.1, 0.15) is 0 Å². The number of aromatic amines is 1. The Morgan fingerprint density at radius 2 is 2.15 bits per heavy atom. The monoisotopic (exact) mass is 383 g/mol. The van der Waals surface area contributed by atoms with Crippen molar-refractivity contribution in [3.63, 3.8) is 0 Å². The number of aromatic nitrogens is 2. The number of halogens is 2. The first-order chi connectivity index (χ1) is 13.0. The van der Waals surface area contributed by atoms with Crippen molar-refractivity contribution in [3.05, 3.63) is 71.9 Å². The smallest absolute Gasteiger partial charge is 0.236 e. The van der Waals surface area contributed by atoms with Gasteiger partial charge in [-0.05, 0) is 18.6 Å². The molecule has 0 aliphatic heterocycles. The second-order valence-electron chi connectivity index (χ2n) is 6.01. The number of rotatable bonds is 6. The van der Waals surface area contributed by atoms with E-state index < -0.39 is 5.95 Å². The van der Waals surface area contributed by atoms with Crippen molar-refractivity contribution in [2.24, 2.45) is 4.99 Å². The molecule has 0 bridgehead atoms. The van der Waals surface area contributed by atoms with Crippen LogP contribution in [0.5, 0.6) is 0 Å². The number of nitrogens with one attached hydrogen (secondary N) is 2. The van der Waals surface area contributed by atoms with E-state index in [2.05, 4.69) is 26.9 Å². The van der Waals surface area contributed by atoms with Crippen LogP contribution in [0.4, 0.5) is 21.6 Å². The minimum absolute atomic E-state index is 0.0868. The van der Waals surface area contributed by atoms with E-state index in [9.17, 15) is 4.39 Å². The number of nitrogens with zero attached hydrogens (tertiary/aromatic N) is 2. The van der Waals surface area contributed by atoms with Gasteiger partial charge < -0.3 is 16.0 Å². The third-order valence-corrected chi connectivity index (χ3v) is 4.15. The van der Waals surface area contributed by atoms with Gasteiger partial charge in [-0.2, -0.15) is 4.39 Å². The fourth-order valence-electron chi connectivity index (χ4n) is 2.66. The van der Waals surface area contributed by atoms with Crippen molar-refractivity contribution in [1.82, 2.24) is 9.97 Å². The third-order valence-electron chi connectivity index (χ3n) is 4.05. The Morgan fingerprint density at radius 3 is 2.85 bits per heavy atom. The highest BCUT2D eigenvalue weighted by atomic mass is 35.5. The first-order valence-electron chi connectivity index (χ1n) is 8.28. The molecule has 0 aliphatic carbocycles. The summed E-state index contributed by atoms with van der Waals surface area (Å²) in [6, 6.07) is 11.4. The van der Waals surface area contributed by atoms with Crippen molar-refractivity contribution in [3.8, 4) is 11.1 Å². The molecule has 1 aromatic carbocycles. The molecule has 3 aromatic rings. The fraction of sp³-hybridized carbons (Fsp3) is 0.100. The first-order valence-corrected chi connectivity index (χ1v) is 8.66. The maximum Gasteiger partial charge on any atom is 0.236 e. The Labute approximate surface area is 161 Å². The number of benzene rings is 1. The summed E-state index contributed by atoms with van der Waals surface area (Å²) in [5, 5.41) is 3.44. The van der Waals surface area contributed by atoms with Gasteiger partial charge in [-0.15, -0.1) is 0 Å². The standard InChI is InChI=1S/C20H19ClFN5/c1-12(21)9-25-20-18(23)16(11-26-20)15-8-17(19(22)24-10-15)27-13(2)14-6-4-3-5-7-14/h3-11,13,26-27H,1,23H2,2H3/b25-9-/t13-/m0/s1. The summed E-state index contributed by atoms with van der Waals surface area (Å²) in [4.78, 5) is 11.0. The van der Waals surface area contributed by atoms with Crippen LogP contribution in [0.2, 0.25) is 0 Å². The zero-order chi connectivity index (χ0) is 19.4. The lowest BCUT2D eigenvalue weighted by Crippen LogP contribution is -2.08. The van der Waals surface area contributed by atoms with Crippen molar-refractivity contribution >= 4 is 35.0 Å². The molecule has 2 aromatic heterocycles. The maximum atomic E-state index is 14.2. The van der Waals surface area contributed by atoms with Gasteiger partial charge in [0.15, 0.2) is 5.82 Å². The van der Waals surface area contributed by atoms with E-state index in [1.165, 1.54) is 12.4 Å². The van der Waals surface area contributed by atoms with E-state index in [1.54, 1.807) is 12.3 Å². The van der Waals surface area contributed by atoms with E-state index in [0.29, 0.717) is 28.3 Å². The van der Waals surface area contributed by atoms with Crippen LogP contribution in [-0.2, 0) is 0 Å². The highest BCUT2D eigenvalue weighted by Crippen LogP contribution is 2.35. The summed E-state index contributed by atoms with van der Waals surface area (Å²) in [7, 11) is 0. The third kappa shape index (κ3) is 4.35. The molecule has 0 spiro atoms. The fourth-order valence-corrected chi connectivity index (χ4v) is 2.71. The van der Waals surface area contributed by atoms with E-state index in [0.717, 1.165) is 5.56 Å². The van der Waals surface area contributed by atoms with E-state index in [1.807, 2.05) is 37.3 Å². The van der Waals surface area contributed by atoms with Crippen LogP contribution in [0.25, 0.3) is 11.1 Å². The van der Waals surface area contributed by atoms with Gasteiger partial charge in [0, 0.05) is 35.8 Å². The van der Waals surface area contributed by atoms with Crippen LogP contribution in [0.1, 0.15) is 18.5 Å². The van der Waals surface area contributed by atoms with E-state index in [4.69, 9.17) is 17.3 Å². The zero-order valence-electron chi connectivity index (χ0n) is 14.7. The molecule has 0 unspecified atom stereocenters. The normalized spacial score (nSPS) is 12.3. The number of allylic oxidation sites excluding steroid dienone is 1. The zero-order valence-corrected chi connectivity index (χ0v) is 15.5. The molecule has 7 heteroatoms. The lowest BCUT2D eigenvalue weighted by atomic mass is 10.1. The molecule has 3 rings (SSSR count). The summed E-state index contributed by atoms with van der Waals surface area (Å²) in [6.45, 7) is 5.50. The Bertz CT molecular complexity index is 981. The quantitative estimate of drug-likeness (QED) is 0.392. The molecule has 0 saturated heterocycles. The molecule has 0 amide bonds. The van der Waals surface area contributed by atoms with Crippen LogP contribution in [0, 0.1) is 5.95 Å². The number of hydrogen-bond donors (Lipinski definition) is 3. The summed E-state index contributed by atoms with van der Waals surface area (Å²) in [6.07, 6.45) is 4.52. The molecule has 0 fully saturated rings. The number of hydrogen-bond acceptors (Lipinski definition) is 4. The number of H-pyrrole nitrogens is 1. The minimum atomic E-state index is -0.577. The minimum Gasteiger partial charge on any atom is -0.395 e. The van der Waals surface area contributed by atoms with Crippen LogP contribution in [0.15, 0.2) is 65.4 Å². The van der Waals surface area contributed by atoms with Gasteiger partial charge in [-0.1, -0.05) is 48.5 Å². The van der Waals surface area contributed by atoms with Crippen LogP contribution in [0.3, 0.4) is 0 Å². The van der Waals surface area contributed by atoms with Gasteiger partial charge >= 0.3 is 0 Å². The predicted molar refractivity (Wildman–Crippen MR) is 110 cm³/mol. The summed E-state index contributed by atoms with van der Waals surface area (Å²) >= 11 is 5.68. The largest absolute Gasteiger partial charge is 0.395 e. The molecule has 138 valence electrons. The van der Waals surface area contributed by atoms with Crippen molar-refractivity contribution in [2.75, 3.05) is 11.1 Å². The highest BCUT2D eigenvalue weighted by Gasteiger charge is 2.14. The summed E-state index contributed by atoms with van der Waals surface area (Å²) in [5.41, 5.74) is 9.23. The molecule has 4 N–H and O–H groups in total. The molecule has 27 heavy (non-hydrogen) atoms. The number of anilines is 2. The Morgan fingerprint density at radius 1 is 1.41 bits per heavy atom. The number of pyridine rings is 1. The second-order valence-corrected chi connectivity index (χ2v) is 6.49. The number of aliphatic imine (C=N–C) groups is 1. The molecule has 2 heterocycles. The SMILES string of the molecule is C=C(Cl)/C=N\c1[nH]cc(-c2cnc(F)c(N[C@@H](C)c3ccccc3)c2)c1N. The Balaban J connectivity index is 1.89. The van der Waals surface area contributed by atoms with E-state index >= 15 is 0 Å². The molecule has 0 aliphatic rings. The van der Waals surface area contributed by atoms with Crippen LogP contribution in [-0.4, -0.2) is 16.2 Å². The Hall–Kier alpha value is -3.12. The van der Waals surface area contributed by atoms with Gasteiger partial charge in [0.25, 0.3) is 0 Å². The Kier molecular flexibility index (Phi) is 5.57. The molecular formula is C20H19ClFN5. The molecule has 0 radical (unpaired) electrons. The maximum absolute atomic E-state index is 14.2.